The van der Waals surface area contributed by atoms with Crippen LogP contribution in [0.15, 0.2) is 48.5 Å². The van der Waals surface area contributed by atoms with E-state index in [9.17, 15) is 14.7 Å². The van der Waals surface area contributed by atoms with Crippen molar-refractivity contribution in [1.82, 2.24) is 4.57 Å². The molecular formula is C23H21NO6. The third-order valence-electron chi connectivity index (χ3n) is 5.12. The van der Waals surface area contributed by atoms with Crippen molar-refractivity contribution in [3.05, 3.63) is 70.9 Å². The molecule has 1 aliphatic rings. The molecule has 0 spiro atoms. The number of nitrogens with zero attached hydrogens (tertiary/aromatic N) is 1. The molecule has 0 saturated heterocycles. The Labute approximate surface area is 173 Å². The fraction of sp³-hybridized carbons (Fsp3) is 0.217. The Morgan fingerprint density at radius 1 is 1.17 bits per heavy atom. The highest BCUT2D eigenvalue weighted by molar-refractivity contribution is 5.94. The highest BCUT2D eigenvalue weighted by atomic mass is 16.7. The zero-order valence-corrected chi connectivity index (χ0v) is 16.5. The molecule has 154 valence electrons. The summed E-state index contributed by atoms with van der Waals surface area (Å²) < 4.78 is 18.4. The van der Waals surface area contributed by atoms with Crippen molar-refractivity contribution < 1.29 is 28.9 Å². The van der Waals surface area contributed by atoms with Crippen LogP contribution in [-0.2, 0) is 17.9 Å². The number of rotatable bonds is 8. The van der Waals surface area contributed by atoms with E-state index in [2.05, 4.69) is 0 Å². The fourth-order valence-electron chi connectivity index (χ4n) is 3.57. The lowest BCUT2D eigenvalue weighted by Gasteiger charge is -2.14. The van der Waals surface area contributed by atoms with Gasteiger partial charge in [0.25, 0.3) is 0 Å². The summed E-state index contributed by atoms with van der Waals surface area (Å²) in [4.78, 5) is 23.4. The molecule has 0 radical (unpaired) electrons. The summed E-state index contributed by atoms with van der Waals surface area (Å²) >= 11 is 0. The first-order valence-electron chi connectivity index (χ1n) is 9.52. The number of hydrogen-bond acceptors (Lipinski definition) is 5. The Hall–Kier alpha value is -3.58. The van der Waals surface area contributed by atoms with E-state index >= 15 is 0 Å². The second-order valence-corrected chi connectivity index (χ2v) is 6.93. The number of aldehydes is 1. The number of carbonyl (C=O) groups is 2. The van der Waals surface area contributed by atoms with Gasteiger partial charge in [-0.3, -0.25) is 4.79 Å². The van der Waals surface area contributed by atoms with Gasteiger partial charge < -0.3 is 23.9 Å². The summed E-state index contributed by atoms with van der Waals surface area (Å²) in [5.74, 6) is 0.00429. The molecule has 1 aliphatic heterocycles. The van der Waals surface area contributed by atoms with E-state index in [1.54, 1.807) is 25.1 Å². The molecular weight excluding hydrogens is 386 g/mol. The van der Waals surface area contributed by atoms with Crippen LogP contribution >= 0.6 is 0 Å². The van der Waals surface area contributed by atoms with Gasteiger partial charge in [-0.1, -0.05) is 30.3 Å². The van der Waals surface area contributed by atoms with E-state index in [1.807, 2.05) is 34.9 Å². The van der Waals surface area contributed by atoms with Crippen LogP contribution < -0.4 is 9.47 Å². The lowest BCUT2D eigenvalue weighted by molar-refractivity contribution is 0.0695. The van der Waals surface area contributed by atoms with Gasteiger partial charge >= 0.3 is 5.97 Å². The second-order valence-electron chi connectivity index (χ2n) is 6.93. The maximum absolute atomic E-state index is 11.7. The zero-order chi connectivity index (χ0) is 21.1. The van der Waals surface area contributed by atoms with Crippen LogP contribution in [0.1, 0.15) is 32.0 Å². The fourth-order valence-corrected chi connectivity index (χ4v) is 3.57. The van der Waals surface area contributed by atoms with Gasteiger partial charge in [0, 0.05) is 23.4 Å². The Bertz CT molecular complexity index is 1090. The molecule has 0 amide bonds. The number of fused-ring (bicyclic) bond motifs is 1. The smallest absolute Gasteiger partial charge is 0.337 e. The van der Waals surface area contributed by atoms with Gasteiger partial charge in [-0.25, -0.2) is 4.79 Å². The molecule has 4 rings (SSSR count). The monoisotopic (exact) mass is 407 g/mol. The Morgan fingerprint density at radius 3 is 2.60 bits per heavy atom. The normalized spacial score (nSPS) is 12.2. The lowest BCUT2D eigenvalue weighted by atomic mass is 10.0. The molecule has 3 aromatic rings. The molecule has 2 aromatic carbocycles. The molecule has 7 nitrogen and oxygen atoms in total. The molecule has 0 aliphatic carbocycles. The summed E-state index contributed by atoms with van der Waals surface area (Å²) in [6.07, 6.45) is 0.732. The number of aromatic nitrogens is 1. The van der Waals surface area contributed by atoms with Crippen LogP contribution in [0.25, 0.3) is 11.3 Å². The molecule has 0 fully saturated rings. The Kier molecular flexibility index (Phi) is 5.54. The Balaban J connectivity index is 1.64. The van der Waals surface area contributed by atoms with Gasteiger partial charge in [0.05, 0.1) is 24.5 Å². The van der Waals surface area contributed by atoms with Crippen molar-refractivity contribution in [3.63, 3.8) is 0 Å². The van der Waals surface area contributed by atoms with Crippen LogP contribution in [-0.4, -0.2) is 35.3 Å². The maximum Gasteiger partial charge on any atom is 0.337 e. The average Bonchev–Trinajstić information content (AvgIpc) is 3.34. The van der Waals surface area contributed by atoms with E-state index in [4.69, 9.17) is 14.2 Å². The van der Waals surface area contributed by atoms with Gasteiger partial charge in [-0.15, -0.1) is 0 Å². The summed E-state index contributed by atoms with van der Waals surface area (Å²) in [5, 5.41) is 9.59. The lowest BCUT2D eigenvalue weighted by Crippen LogP contribution is -2.10. The highest BCUT2D eigenvalue weighted by Gasteiger charge is 2.23. The number of carbonyl (C=O) groups excluding carboxylic acids is 1. The summed E-state index contributed by atoms with van der Waals surface area (Å²) in [5.41, 5.74) is 3.45. The van der Waals surface area contributed by atoms with Crippen molar-refractivity contribution in [2.45, 2.75) is 20.1 Å². The first-order chi connectivity index (χ1) is 14.6. The average molecular weight is 407 g/mol. The molecule has 1 N–H and O–H groups in total. The minimum atomic E-state index is -1.02. The molecule has 0 unspecified atom stereocenters. The first kappa shape index (κ1) is 19.7. The maximum atomic E-state index is 11.7. The minimum Gasteiger partial charge on any atom is -0.478 e. The number of hydrogen-bond donors (Lipinski definition) is 1. The molecule has 1 aromatic heterocycles. The minimum absolute atomic E-state index is 0.0881. The third-order valence-corrected chi connectivity index (χ3v) is 5.12. The zero-order valence-electron chi connectivity index (χ0n) is 16.5. The van der Waals surface area contributed by atoms with Crippen molar-refractivity contribution in [3.8, 4) is 22.8 Å². The summed E-state index contributed by atoms with van der Waals surface area (Å²) in [6.45, 7) is 3.12. The third kappa shape index (κ3) is 3.79. The number of benzene rings is 2. The Morgan fingerprint density at radius 2 is 1.90 bits per heavy atom. The highest BCUT2D eigenvalue weighted by Crippen LogP contribution is 2.39. The standard InChI is InChI=1S/C23H21NO6/c1-15-18(23(26)27)10-20(19-11-22-21(29-14-30-22)9-17(19)12-25)24(15)7-8-28-13-16-5-3-2-4-6-16/h2-6,9-12H,7-8,13-14H2,1H3,(H,26,27). The van der Waals surface area contributed by atoms with E-state index in [-0.39, 0.29) is 12.4 Å². The number of ether oxygens (including phenoxy) is 3. The van der Waals surface area contributed by atoms with Crippen LogP contribution in [0, 0.1) is 6.92 Å². The first-order valence-corrected chi connectivity index (χ1v) is 9.52. The number of aromatic carboxylic acids is 1. The van der Waals surface area contributed by atoms with Crippen molar-refractivity contribution in [2.24, 2.45) is 0 Å². The van der Waals surface area contributed by atoms with E-state index in [1.165, 1.54) is 0 Å². The number of carboxylic acids is 1. The van der Waals surface area contributed by atoms with Gasteiger partial charge in [0.1, 0.15) is 0 Å². The summed E-state index contributed by atoms with van der Waals surface area (Å²) in [6, 6.07) is 14.7. The van der Waals surface area contributed by atoms with Crippen molar-refractivity contribution >= 4 is 12.3 Å². The van der Waals surface area contributed by atoms with Gasteiger partial charge in [0.2, 0.25) is 6.79 Å². The van der Waals surface area contributed by atoms with Gasteiger partial charge in [0.15, 0.2) is 17.8 Å². The quantitative estimate of drug-likeness (QED) is 0.450. The van der Waals surface area contributed by atoms with Crippen LogP contribution in [0.5, 0.6) is 11.5 Å². The predicted octanol–water partition coefficient (Wildman–Crippen LogP) is 3.92. The van der Waals surface area contributed by atoms with Gasteiger partial charge in [-0.05, 0) is 30.7 Å². The largest absolute Gasteiger partial charge is 0.478 e. The van der Waals surface area contributed by atoms with Crippen molar-refractivity contribution in [2.75, 3.05) is 13.4 Å². The van der Waals surface area contributed by atoms with Crippen LogP contribution in [0.3, 0.4) is 0 Å². The number of carboxylic acid groups (broad SMARTS) is 1. The molecule has 2 heterocycles. The van der Waals surface area contributed by atoms with Crippen molar-refractivity contribution in [1.29, 1.82) is 0 Å². The molecule has 7 heteroatoms. The van der Waals surface area contributed by atoms with Crippen LogP contribution in [0.2, 0.25) is 0 Å². The topological polar surface area (TPSA) is 87.0 Å². The predicted molar refractivity (Wildman–Crippen MR) is 109 cm³/mol. The van der Waals surface area contributed by atoms with E-state index in [0.29, 0.717) is 53.8 Å². The molecule has 0 bridgehead atoms. The molecule has 30 heavy (non-hydrogen) atoms. The van der Waals surface area contributed by atoms with E-state index in [0.717, 1.165) is 11.8 Å². The SMILES string of the molecule is Cc1c(C(=O)O)cc(-c2cc3c(cc2C=O)OCO3)n1CCOCc1ccccc1. The van der Waals surface area contributed by atoms with E-state index < -0.39 is 5.97 Å². The molecule has 0 saturated carbocycles. The second kappa shape index (κ2) is 8.42. The van der Waals surface area contributed by atoms with Gasteiger partial charge in [-0.2, -0.15) is 0 Å². The molecule has 0 atom stereocenters. The summed E-state index contributed by atoms with van der Waals surface area (Å²) in [7, 11) is 0. The van der Waals surface area contributed by atoms with Crippen LogP contribution in [0.4, 0.5) is 0 Å².